The van der Waals surface area contributed by atoms with Crippen molar-refractivity contribution in [3.8, 4) is 113 Å². The number of nitrogens with zero attached hydrogens (tertiary/aromatic N) is 4. The van der Waals surface area contributed by atoms with Crippen molar-refractivity contribution in [3.05, 3.63) is 360 Å². The fourth-order valence-corrected chi connectivity index (χ4v) is 16.2. The van der Waals surface area contributed by atoms with E-state index in [-0.39, 0.29) is 0 Å². The van der Waals surface area contributed by atoms with E-state index in [1.165, 1.54) is 44.5 Å². The van der Waals surface area contributed by atoms with E-state index in [2.05, 4.69) is 309 Å². The van der Waals surface area contributed by atoms with Crippen LogP contribution < -0.4 is 9.47 Å². The largest absolute Gasteiger partial charge is 0.457 e. The first-order chi connectivity index (χ1) is 46.6. The monoisotopic (exact) mass is 1200 g/mol. The minimum atomic E-state index is -0.745. The van der Waals surface area contributed by atoms with Crippen molar-refractivity contribution in [1.82, 2.24) is 19.9 Å². The molecule has 0 saturated heterocycles. The van der Waals surface area contributed by atoms with Crippen LogP contribution in [0.5, 0.6) is 23.0 Å². The Morgan fingerprint density at radius 1 is 0.213 bits per heavy atom. The molecule has 2 aromatic heterocycles. The molecule has 0 fully saturated rings. The third kappa shape index (κ3) is 7.47. The Hall–Kier alpha value is -12.4. The van der Waals surface area contributed by atoms with Crippen LogP contribution in [-0.2, 0) is 10.8 Å². The van der Waals surface area contributed by atoms with Crippen molar-refractivity contribution >= 4 is 32.6 Å². The van der Waals surface area contributed by atoms with Crippen LogP contribution in [0.15, 0.2) is 315 Å². The predicted molar refractivity (Wildman–Crippen MR) is 378 cm³/mol. The summed E-state index contributed by atoms with van der Waals surface area (Å²) < 4.78 is 14.3. The summed E-state index contributed by atoms with van der Waals surface area (Å²) in [7, 11) is 0. The fourth-order valence-electron chi connectivity index (χ4n) is 16.2. The molecule has 6 heteroatoms. The molecule has 0 radical (unpaired) electrons. The summed E-state index contributed by atoms with van der Waals surface area (Å²) in [5, 5.41) is 4.25. The number of hydrogen-bond donors (Lipinski definition) is 0. The van der Waals surface area contributed by atoms with Gasteiger partial charge in [0.15, 0.2) is 11.6 Å². The Balaban J connectivity index is 0.750. The Labute approximate surface area is 542 Å². The maximum absolute atomic E-state index is 7.28. The molecule has 0 unspecified atom stereocenters. The average Bonchev–Trinajstić information content (AvgIpc) is 1.48. The van der Waals surface area contributed by atoms with E-state index in [9.17, 15) is 0 Å². The van der Waals surface area contributed by atoms with E-state index in [1.54, 1.807) is 0 Å². The maximum atomic E-state index is 7.28. The molecule has 0 N–H and O–H groups in total. The summed E-state index contributed by atoms with van der Waals surface area (Å²) in [5.41, 5.74) is 24.3. The van der Waals surface area contributed by atoms with Crippen LogP contribution in [-0.4, -0.2) is 19.9 Å². The summed E-state index contributed by atoms with van der Waals surface area (Å²) in [6.07, 6.45) is 0. The lowest BCUT2D eigenvalue weighted by Gasteiger charge is -2.39. The van der Waals surface area contributed by atoms with E-state index in [0.29, 0.717) is 11.6 Å². The normalized spacial score (nSPS) is 13.7. The van der Waals surface area contributed by atoms with Crippen LogP contribution in [0.2, 0.25) is 0 Å². The zero-order chi connectivity index (χ0) is 61.6. The van der Waals surface area contributed by atoms with Gasteiger partial charge in [-0.15, -0.1) is 0 Å². The van der Waals surface area contributed by atoms with Gasteiger partial charge in [-0.2, -0.15) is 0 Å². The topological polar surface area (TPSA) is 70.0 Å². The highest BCUT2D eigenvalue weighted by atomic mass is 16.5. The molecule has 2 aliphatic carbocycles. The highest BCUT2D eigenvalue weighted by molar-refractivity contribution is 6.04. The van der Waals surface area contributed by atoms with Crippen molar-refractivity contribution in [3.63, 3.8) is 0 Å². The number of benzene rings is 14. The summed E-state index contributed by atoms with van der Waals surface area (Å²) >= 11 is 0. The van der Waals surface area contributed by atoms with Crippen molar-refractivity contribution in [1.29, 1.82) is 0 Å². The van der Waals surface area contributed by atoms with Crippen LogP contribution in [0, 0.1) is 0 Å². The van der Waals surface area contributed by atoms with Crippen molar-refractivity contribution < 1.29 is 9.47 Å². The molecule has 94 heavy (non-hydrogen) atoms. The fraction of sp³-hybridized carbons (Fsp3) is 0.0227. The summed E-state index contributed by atoms with van der Waals surface area (Å²) in [5.74, 6) is 4.39. The molecule has 16 aromatic rings. The van der Waals surface area contributed by atoms with E-state index in [0.717, 1.165) is 134 Å². The highest BCUT2D eigenvalue weighted by Crippen LogP contribution is 2.64. The van der Waals surface area contributed by atoms with Crippen LogP contribution in [0.4, 0.5) is 0 Å². The van der Waals surface area contributed by atoms with Crippen LogP contribution in [0.3, 0.4) is 0 Å². The van der Waals surface area contributed by atoms with Gasteiger partial charge >= 0.3 is 0 Å². The van der Waals surface area contributed by atoms with Crippen LogP contribution in [0.25, 0.3) is 122 Å². The molecule has 4 heterocycles. The van der Waals surface area contributed by atoms with Gasteiger partial charge in [0.2, 0.25) is 0 Å². The first kappa shape index (κ1) is 52.4. The molecule has 20 rings (SSSR count). The van der Waals surface area contributed by atoms with Gasteiger partial charge in [0.25, 0.3) is 0 Å². The molecule has 14 aromatic carbocycles. The van der Waals surface area contributed by atoms with Gasteiger partial charge in [-0.25, -0.2) is 19.9 Å². The molecule has 2 spiro atoms. The third-order valence-corrected chi connectivity index (χ3v) is 20.3. The summed E-state index contributed by atoms with van der Waals surface area (Å²) in [6.45, 7) is 0. The molecule has 4 aliphatic rings. The Morgan fingerprint density at radius 2 is 0.638 bits per heavy atom. The van der Waals surface area contributed by atoms with Crippen LogP contribution >= 0.6 is 0 Å². The van der Waals surface area contributed by atoms with Gasteiger partial charge in [-0.05, 0) is 126 Å². The highest BCUT2D eigenvalue weighted by Gasteiger charge is 2.53. The van der Waals surface area contributed by atoms with Crippen molar-refractivity contribution in [2.45, 2.75) is 10.8 Å². The molecule has 0 atom stereocenters. The Kier molecular flexibility index (Phi) is 11.2. The number of rotatable bonds is 6. The lowest BCUT2D eigenvalue weighted by molar-refractivity contribution is 0.436. The molecule has 2 aliphatic heterocycles. The standard InChI is InChI=1S/C88H52N4O2/c1-2-19-53(20-3-1)54-37-39-56(40-38-54)83-68-45-41-58(50-78(68)90-86(91-83)60-42-46-74-81(52-60)93-79-36-17-15-34-73(79)87(74)69-30-11-6-24-62(69)63-25-7-12-31-70(63)87)57-44-48-80-76(49-57)88(71-32-13-8-26-64(71)65-27-9-14-33-72(65)88)75-47-43-59(51-82(75)94-80)85-89-77-35-16-10-28-67(77)84(92-85)66-29-18-22-55-21-4-5-23-61(55)66/h1-52H. The second-order valence-corrected chi connectivity index (χ2v) is 25.0. The SMILES string of the molecule is c1ccc(-c2ccc(-c3nc(-c4ccc5c(c4)Oc4ccccc4C54c5ccccc5-c5ccccc54)nc4cc(-c5ccc6c(c5)C5(c7ccc(-c8nc(-c9cccc%10ccccc9%10)c9ccccc9n8)cc7O6)c6ccccc6-c6ccccc65)ccc34)cc2)cc1. The Bertz CT molecular complexity index is 5800. The first-order valence-corrected chi connectivity index (χ1v) is 32.1. The maximum Gasteiger partial charge on any atom is 0.160 e. The van der Waals surface area contributed by atoms with E-state index in [4.69, 9.17) is 29.4 Å². The lowest BCUT2D eigenvalue weighted by Crippen LogP contribution is -2.32. The Morgan fingerprint density at radius 3 is 1.30 bits per heavy atom. The van der Waals surface area contributed by atoms with Gasteiger partial charge in [0.1, 0.15) is 23.0 Å². The molecule has 0 saturated carbocycles. The second kappa shape index (κ2) is 20.1. The quantitative estimate of drug-likeness (QED) is 0.165. The number of ether oxygens (including phenoxy) is 2. The molecular weight excluding hydrogens is 1140 g/mol. The van der Waals surface area contributed by atoms with E-state index >= 15 is 0 Å². The average molecular weight is 1200 g/mol. The molecule has 436 valence electrons. The number of fused-ring (bicyclic) bond motifs is 21. The second-order valence-electron chi connectivity index (χ2n) is 25.0. The van der Waals surface area contributed by atoms with Gasteiger partial charge < -0.3 is 9.47 Å². The van der Waals surface area contributed by atoms with E-state index < -0.39 is 10.8 Å². The molecular formula is C88H52N4O2. The van der Waals surface area contributed by atoms with Gasteiger partial charge in [0, 0.05) is 55.3 Å². The minimum Gasteiger partial charge on any atom is -0.457 e. The lowest BCUT2D eigenvalue weighted by atomic mass is 9.65. The molecule has 6 nitrogen and oxygen atoms in total. The van der Waals surface area contributed by atoms with Gasteiger partial charge in [0.05, 0.1) is 33.3 Å². The number of aromatic nitrogens is 4. The number of hydrogen-bond acceptors (Lipinski definition) is 6. The van der Waals surface area contributed by atoms with Gasteiger partial charge in [-0.3, -0.25) is 0 Å². The molecule has 0 bridgehead atoms. The van der Waals surface area contributed by atoms with Crippen LogP contribution in [0.1, 0.15) is 44.5 Å². The predicted octanol–water partition coefficient (Wildman–Crippen LogP) is 21.7. The zero-order valence-electron chi connectivity index (χ0n) is 50.6. The summed E-state index contributed by atoms with van der Waals surface area (Å²) in [6, 6.07) is 113. The summed E-state index contributed by atoms with van der Waals surface area (Å²) in [4.78, 5) is 21.8. The smallest absolute Gasteiger partial charge is 0.160 e. The van der Waals surface area contributed by atoms with Gasteiger partial charge in [-0.1, -0.05) is 267 Å². The van der Waals surface area contributed by atoms with Crippen molar-refractivity contribution in [2.24, 2.45) is 0 Å². The molecule has 0 amide bonds. The third-order valence-electron chi connectivity index (χ3n) is 20.3. The first-order valence-electron chi connectivity index (χ1n) is 32.1. The number of para-hydroxylation sites is 2. The van der Waals surface area contributed by atoms with E-state index in [1.807, 2.05) is 6.07 Å². The van der Waals surface area contributed by atoms with Crippen molar-refractivity contribution in [2.75, 3.05) is 0 Å². The minimum absolute atomic E-state index is 0.594. The zero-order valence-corrected chi connectivity index (χ0v) is 50.6.